The van der Waals surface area contributed by atoms with Crippen LogP contribution in [0.2, 0.25) is 0 Å². The van der Waals surface area contributed by atoms with E-state index in [9.17, 15) is 9.59 Å². The molecule has 0 fully saturated rings. The molecule has 0 bridgehead atoms. The van der Waals surface area contributed by atoms with Gasteiger partial charge in [-0.2, -0.15) is 0 Å². The highest BCUT2D eigenvalue weighted by Crippen LogP contribution is 2.31. The molecule has 0 spiro atoms. The molecule has 138 valence electrons. The Balaban J connectivity index is 2.24. The van der Waals surface area contributed by atoms with E-state index in [1.807, 2.05) is 66.1 Å². The highest BCUT2D eigenvalue weighted by molar-refractivity contribution is 6.07. The van der Waals surface area contributed by atoms with E-state index in [4.69, 9.17) is 9.47 Å². The molecule has 0 saturated heterocycles. The van der Waals surface area contributed by atoms with E-state index in [2.05, 4.69) is 0 Å². The van der Waals surface area contributed by atoms with Crippen LogP contribution in [-0.2, 0) is 16.0 Å². The topological polar surface area (TPSA) is 57.5 Å². The van der Waals surface area contributed by atoms with Gasteiger partial charge in [-0.15, -0.1) is 0 Å². The monoisotopic (exact) mass is 363 g/mol. The Morgan fingerprint density at radius 3 is 2.11 bits per heavy atom. The molecule has 3 rings (SSSR count). The van der Waals surface area contributed by atoms with Gasteiger partial charge >= 0.3 is 11.9 Å². The number of aryl methyl sites for hydroxylation is 1. The van der Waals surface area contributed by atoms with Crippen molar-refractivity contribution in [3.63, 3.8) is 0 Å². The lowest BCUT2D eigenvalue weighted by atomic mass is 10.0. The van der Waals surface area contributed by atoms with Crippen LogP contribution < -0.4 is 0 Å². The molecule has 0 saturated carbocycles. The van der Waals surface area contributed by atoms with Gasteiger partial charge in [0.1, 0.15) is 0 Å². The van der Waals surface area contributed by atoms with Gasteiger partial charge in [-0.3, -0.25) is 0 Å². The van der Waals surface area contributed by atoms with E-state index in [-0.39, 0.29) is 11.1 Å². The third-order valence-corrected chi connectivity index (χ3v) is 4.39. The first-order chi connectivity index (χ1) is 13.0. The van der Waals surface area contributed by atoms with Crippen LogP contribution in [-0.4, -0.2) is 30.7 Å². The van der Waals surface area contributed by atoms with Crippen molar-refractivity contribution in [2.24, 2.45) is 0 Å². The third-order valence-electron chi connectivity index (χ3n) is 4.39. The fraction of sp³-hybridized carbons (Fsp3) is 0.182. The van der Waals surface area contributed by atoms with E-state index in [1.54, 1.807) is 6.20 Å². The number of hydrogen-bond acceptors (Lipinski definition) is 4. The fourth-order valence-electron chi connectivity index (χ4n) is 3.06. The lowest BCUT2D eigenvalue weighted by Gasteiger charge is -2.12. The van der Waals surface area contributed by atoms with Crippen molar-refractivity contribution in [3.05, 3.63) is 83.0 Å². The fourth-order valence-corrected chi connectivity index (χ4v) is 3.06. The second-order valence-corrected chi connectivity index (χ2v) is 6.23. The van der Waals surface area contributed by atoms with Gasteiger partial charge in [0.15, 0.2) is 0 Å². The molecule has 0 aliphatic rings. The highest BCUT2D eigenvalue weighted by Gasteiger charge is 2.28. The van der Waals surface area contributed by atoms with Crippen molar-refractivity contribution in [2.45, 2.75) is 13.5 Å². The SMILES string of the molecule is COC(=O)c1cn(Cc2ccccc2)c(-c2ccc(C)cc2)c1C(=O)OC. The third kappa shape index (κ3) is 3.77. The zero-order chi connectivity index (χ0) is 19.4. The highest BCUT2D eigenvalue weighted by atomic mass is 16.5. The summed E-state index contributed by atoms with van der Waals surface area (Å²) >= 11 is 0. The molecular weight excluding hydrogens is 342 g/mol. The minimum absolute atomic E-state index is 0.191. The summed E-state index contributed by atoms with van der Waals surface area (Å²) in [6.07, 6.45) is 1.65. The lowest BCUT2D eigenvalue weighted by Crippen LogP contribution is -2.10. The van der Waals surface area contributed by atoms with Gasteiger partial charge in [0, 0.05) is 12.7 Å². The summed E-state index contributed by atoms with van der Waals surface area (Å²) in [6.45, 7) is 2.50. The molecule has 2 aromatic carbocycles. The van der Waals surface area contributed by atoms with Crippen LogP contribution in [0.15, 0.2) is 60.8 Å². The van der Waals surface area contributed by atoms with Crippen LogP contribution >= 0.6 is 0 Å². The van der Waals surface area contributed by atoms with E-state index < -0.39 is 11.9 Å². The predicted octanol–water partition coefficient (Wildman–Crippen LogP) is 4.09. The average Bonchev–Trinajstić information content (AvgIpc) is 3.07. The Morgan fingerprint density at radius 1 is 0.889 bits per heavy atom. The summed E-state index contributed by atoms with van der Waals surface area (Å²) in [5.41, 5.74) is 4.01. The minimum atomic E-state index is -0.574. The van der Waals surface area contributed by atoms with Gasteiger partial charge in [-0.05, 0) is 18.1 Å². The first-order valence-electron chi connectivity index (χ1n) is 8.56. The number of aromatic nitrogens is 1. The molecule has 0 aliphatic carbocycles. The number of carbonyl (C=O) groups excluding carboxylic acids is 2. The molecule has 5 nitrogen and oxygen atoms in total. The molecular formula is C22H21NO4. The number of ether oxygens (including phenoxy) is 2. The predicted molar refractivity (Wildman–Crippen MR) is 103 cm³/mol. The number of benzene rings is 2. The quantitative estimate of drug-likeness (QED) is 0.641. The first-order valence-corrected chi connectivity index (χ1v) is 8.56. The van der Waals surface area contributed by atoms with Gasteiger partial charge in [-0.1, -0.05) is 60.2 Å². The molecule has 27 heavy (non-hydrogen) atoms. The van der Waals surface area contributed by atoms with Crippen molar-refractivity contribution >= 4 is 11.9 Å². The van der Waals surface area contributed by atoms with Crippen molar-refractivity contribution in [1.82, 2.24) is 4.57 Å². The van der Waals surface area contributed by atoms with Gasteiger partial charge in [-0.25, -0.2) is 9.59 Å². The van der Waals surface area contributed by atoms with E-state index in [0.29, 0.717) is 12.2 Å². The summed E-state index contributed by atoms with van der Waals surface area (Å²) in [5.74, 6) is -1.15. The minimum Gasteiger partial charge on any atom is -0.465 e. The molecule has 0 radical (unpaired) electrons. The molecule has 0 amide bonds. The Morgan fingerprint density at radius 2 is 1.52 bits per heavy atom. The van der Waals surface area contributed by atoms with Crippen molar-refractivity contribution in [1.29, 1.82) is 0 Å². The van der Waals surface area contributed by atoms with Crippen LogP contribution in [0.1, 0.15) is 31.8 Å². The lowest BCUT2D eigenvalue weighted by molar-refractivity contribution is 0.0557. The number of carbonyl (C=O) groups is 2. The number of methoxy groups -OCH3 is 2. The van der Waals surface area contributed by atoms with Crippen LogP contribution in [0.5, 0.6) is 0 Å². The van der Waals surface area contributed by atoms with Crippen molar-refractivity contribution in [2.75, 3.05) is 14.2 Å². The Bertz CT molecular complexity index is 956. The second-order valence-electron chi connectivity index (χ2n) is 6.23. The Kier molecular flexibility index (Phi) is 5.41. The Hall–Kier alpha value is -3.34. The number of hydrogen-bond donors (Lipinski definition) is 0. The molecule has 1 aromatic heterocycles. The maximum atomic E-state index is 12.5. The molecule has 0 N–H and O–H groups in total. The average molecular weight is 363 g/mol. The largest absolute Gasteiger partial charge is 0.465 e. The van der Waals surface area contributed by atoms with Gasteiger partial charge < -0.3 is 14.0 Å². The summed E-state index contributed by atoms with van der Waals surface area (Å²) in [5, 5.41) is 0. The zero-order valence-electron chi connectivity index (χ0n) is 15.6. The van der Waals surface area contributed by atoms with Crippen LogP contribution in [0, 0.1) is 6.92 Å². The van der Waals surface area contributed by atoms with Crippen LogP contribution in [0.3, 0.4) is 0 Å². The second kappa shape index (κ2) is 7.91. The van der Waals surface area contributed by atoms with Crippen LogP contribution in [0.25, 0.3) is 11.3 Å². The molecule has 0 atom stereocenters. The summed E-state index contributed by atoms with van der Waals surface area (Å²) in [4.78, 5) is 24.9. The number of rotatable bonds is 5. The summed E-state index contributed by atoms with van der Waals surface area (Å²) < 4.78 is 11.7. The molecule has 5 heteroatoms. The van der Waals surface area contributed by atoms with Crippen molar-refractivity contribution in [3.8, 4) is 11.3 Å². The first kappa shape index (κ1) is 18.5. The van der Waals surface area contributed by atoms with E-state index in [0.717, 1.165) is 16.7 Å². The molecule has 1 heterocycles. The van der Waals surface area contributed by atoms with E-state index >= 15 is 0 Å². The molecule has 3 aromatic rings. The van der Waals surface area contributed by atoms with Gasteiger partial charge in [0.2, 0.25) is 0 Å². The van der Waals surface area contributed by atoms with Crippen LogP contribution in [0.4, 0.5) is 0 Å². The normalized spacial score (nSPS) is 10.5. The van der Waals surface area contributed by atoms with Crippen molar-refractivity contribution < 1.29 is 19.1 Å². The van der Waals surface area contributed by atoms with E-state index in [1.165, 1.54) is 14.2 Å². The van der Waals surface area contributed by atoms with Gasteiger partial charge in [0.25, 0.3) is 0 Å². The molecule has 0 aliphatic heterocycles. The summed E-state index contributed by atoms with van der Waals surface area (Å²) in [6, 6.07) is 17.6. The molecule has 0 unspecified atom stereocenters. The Labute approximate surface area is 158 Å². The maximum absolute atomic E-state index is 12.5. The summed E-state index contributed by atoms with van der Waals surface area (Å²) in [7, 11) is 2.60. The number of nitrogens with zero attached hydrogens (tertiary/aromatic N) is 1. The standard InChI is InChI=1S/C22H21NO4/c1-15-9-11-17(12-10-15)20-19(22(25)27-3)18(21(24)26-2)14-23(20)13-16-7-5-4-6-8-16/h4-12,14H,13H2,1-3H3. The smallest absolute Gasteiger partial charge is 0.340 e. The van der Waals surface area contributed by atoms with Gasteiger partial charge in [0.05, 0.1) is 31.0 Å². The number of esters is 2. The maximum Gasteiger partial charge on any atom is 0.340 e. The zero-order valence-corrected chi connectivity index (χ0v) is 15.6.